The molecule has 0 atom stereocenters. The van der Waals surface area contributed by atoms with Gasteiger partial charge in [0.1, 0.15) is 5.75 Å². The van der Waals surface area contributed by atoms with E-state index in [0.717, 1.165) is 36.3 Å². The van der Waals surface area contributed by atoms with E-state index in [2.05, 4.69) is 11.4 Å². The Morgan fingerprint density at radius 1 is 1.44 bits per heavy atom. The van der Waals surface area contributed by atoms with Crippen molar-refractivity contribution in [3.63, 3.8) is 0 Å². The van der Waals surface area contributed by atoms with Crippen molar-refractivity contribution in [1.29, 1.82) is 5.26 Å². The Hall–Kier alpha value is -2.02. The fourth-order valence-corrected chi connectivity index (χ4v) is 1.77. The van der Waals surface area contributed by atoms with Gasteiger partial charge in [-0.2, -0.15) is 5.26 Å². The lowest BCUT2D eigenvalue weighted by Crippen LogP contribution is -2.06. The zero-order valence-corrected chi connectivity index (χ0v) is 10.8. The molecule has 18 heavy (non-hydrogen) atoms. The summed E-state index contributed by atoms with van der Waals surface area (Å²) in [5.41, 5.74) is 1.83. The highest BCUT2D eigenvalue weighted by atomic mass is 16.5. The third-order valence-corrected chi connectivity index (χ3v) is 2.59. The van der Waals surface area contributed by atoms with Gasteiger partial charge in [-0.15, -0.1) is 0 Å². The molecule has 1 aromatic carbocycles. The van der Waals surface area contributed by atoms with Crippen LogP contribution in [0.15, 0.2) is 18.2 Å². The zero-order valence-electron chi connectivity index (χ0n) is 10.8. The number of hydrogen-bond donors (Lipinski definition) is 1. The lowest BCUT2D eigenvalue weighted by molar-refractivity contribution is -0.114. The number of benzene rings is 1. The first-order valence-corrected chi connectivity index (χ1v) is 5.99. The Labute approximate surface area is 108 Å². The highest BCUT2D eigenvalue weighted by molar-refractivity contribution is 5.88. The highest BCUT2D eigenvalue weighted by Crippen LogP contribution is 2.24. The summed E-state index contributed by atoms with van der Waals surface area (Å²) in [6.07, 6.45) is 3.24. The van der Waals surface area contributed by atoms with Crippen molar-refractivity contribution in [3.8, 4) is 11.8 Å². The summed E-state index contributed by atoms with van der Waals surface area (Å²) in [5.74, 6) is 0.733. The van der Waals surface area contributed by atoms with E-state index in [-0.39, 0.29) is 5.91 Å². The van der Waals surface area contributed by atoms with Crippen LogP contribution in [-0.2, 0) is 11.2 Å². The normalized spacial score (nSPS) is 9.61. The number of nitriles is 1. The average Bonchev–Trinajstić information content (AvgIpc) is 2.34. The molecule has 1 N–H and O–H groups in total. The van der Waals surface area contributed by atoms with E-state index in [1.54, 1.807) is 7.11 Å². The van der Waals surface area contributed by atoms with Crippen LogP contribution in [0.25, 0.3) is 0 Å². The Kier molecular flexibility index (Phi) is 5.72. The van der Waals surface area contributed by atoms with E-state index < -0.39 is 0 Å². The quantitative estimate of drug-likeness (QED) is 0.785. The average molecular weight is 246 g/mol. The van der Waals surface area contributed by atoms with Gasteiger partial charge in [0.15, 0.2) is 0 Å². The topological polar surface area (TPSA) is 62.1 Å². The minimum absolute atomic E-state index is 0.0874. The lowest BCUT2D eigenvalue weighted by Gasteiger charge is -2.10. The maximum Gasteiger partial charge on any atom is 0.221 e. The second-order valence-electron chi connectivity index (χ2n) is 4.07. The first-order chi connectivity index (χ1) is 8.67. The fourth-order valence-electron chi connectivity index (χ4n) is 1.77. The van der Waals surface area contributed by atoms with E-state index in [0.29, 0.717) is 6.42 Å². The SMILES string of the molecule is COc1ccc(NC(C)=O)cc1CCCCC#N. The third kappa shape index (κ3) is 4.46. The Morgan fingerprint density at radius 2 is 2.22 bits per heavy atom. The summed E-state index contributed by atoms with van der Waals surface area (Å²) in [4.78, 5) is 11.0. The van der Waals surface area contributed by atoms with E-state index in [9.17, 15) is 4.79 Å². The van der Waals surface area contributed by atoms with Gasteiger partial charge in [-0.25, -0.2) is 0 Å². The maximum absolute atomic E-state index is 11.0. The van der Waals surface area contributed by atoms with E-state index in [1.807, 2.05) is 18.2 Å². The van der Waals surface area contributed by atoms with Gasteiger partial charge in [0.25, 0.3) is 0 Å². The minimum atomic E-state index is -0.0874. The van der Waals surface area contributed by atoms with Gasteiger partial charge in [-0.3, -0.25) is 4.79 Å². The number of amides is 1. The number of ether oxygens (including phenoxy) is 1. The van der Waals surface area contributed by atoms with Crippen LogP contribution in [0.2, 0.25) is 0 Å². The fraction of sp³-hybridized carbons (Fsp3) is 0.429. The Bertz CT molecular complexity index is 450. The molecule has 1 rings (SSSR count). The molecule has 0 radical (unpaired) electrons. The summed E-state index contributed by atoms with van der Waals surface area (Å²) in [7, 11) is 1.63. The van der Waals surface area contributed by atoms with Gasteiger partial charge in [-0.05, 0) is 43.0 Å². The summed E-state index contributed by atoms with van der Waals surface area (Å²) >= 11 is 0. The smallest absolute Gasteiger partial charge is 0.221 e. The summed E-state index contributed by atoms with van der Waals surface area (Å²) in [6.45, 7) is 1.48. The molecule has 0 aliphatic carbocycles. The number of carbonyl (C=O) groups is 1. The maximum atomic E-state index is 11.0. The number of aryl methyl sites for hydroxylation is 1. The molecule has 0 saturated carbocycles. The lowest BCUT2D eigenvalue weighted by atomic mass is 10.1. The zero-order chi connectivity index (χ0) is 13.4. The van der Waals surface area contributed by atoms with Crippen molar-refractivity contribution in [1.82, 2.24) is 0 Å². The van der Waals surface area contributed by atoms with Gasteiger partial charge in [0, 0.05) is 19.0 Å². The number of anilines is 1. The Balaban J connectivity index is 2.72. The molecule has 0 aliphatic heterocycles. The molecular formula is C14H18N2O2. The van der Waals surface area contributed by atoms with Gasteiger partial charge < -0.3 is 10.1 Å². The van der Waals surface area contributed by atoms with Crippen LogP contribution in [0.5, 0.6) is 5.75 Å². The van der Waals surface area contributed by atoms with Crippen LogP contribution in [0.4, 0.5) is 5.69 Å². The number of unbranched alkanes of at least 4 members (excludes halogenated alkanes) is 2. The molecule has 96 valence electrons. The standard InChI is InChI=1S/C14H18N2O2/c1-11(17)16-13-7-8-14(18-2)12(10-13)6-4-3-5-9-15/h7-8,10H,3-6H2,1-2H3,(H,16,17). The molecule has 0 heterocycles. The summed E-state index contributed by atoms with van der Waals surface area (Å²) < 4.78 is 5.28. The number of rotatable bonds is 6. The number of methoxy groups -OCH3 is 1. The highest BCUT2D eigenvalue weighted by Gasteiger charge is 2.05. The predicted molar refractivity (Wildman–Crippen MR) is 70.5 cm³/mol. The van der Waals surface area contributed by atoms with Gasteiger partial charge in [-0.1, -0.05) is 0 Å². The summed E-state index contributed by atoms with van der Waals surface area (Å²) in [6, 6.07) is 7.73. The predicted octanol–water partition coefficient (Wildman–Crippen LogP) is 2.89. The monoisotopic (exact) mass is 246 g/mol. The molecule has 0 aromatic heterocycles. The number of hydrogen-bond acceptors (Lipinski definition) is 3. The molecule has 1 aromatic rings. The van der Waals surface area contributed by atoms with Crippen LogP contribution < -0.4 is 10.1 Å². The number of carbonyl (C=O) groups excluding carboxylic acids is 1. The van der Waals surface area contributed by atoms with E-state index in [1.165, 1.54) is 6.92 Å². The Morgan fingerprint density at radius 3 is 2.83 bits per heavy atom. The largest absolute Gasteiger partial charge is 0.496 e. The van der Waals surface area contributed by atoms with E-state index in [4.69, 9.17) is 10.00 Å². The van der Waals surface area contributed by atoms with Crippen molar-refractivity contribution in [2.45, 2.75) is 32.6 Å². The molecular weight excluding hydrogens is 228 g/mol. The van der Waals surface area contributed by atoms with Crippen molar-refractivity contribution in [2.75, 3.05) is 12.4 Å². The second kappa shape index (κ2) is 7.33. The van der Waals surface area contributed by atoms with Gasteiger partial charge >= 0.3 is 0 Å². The van der Waals surface area contributed by atoms with Crippen LogP contribution >= 0.6 is 0 Å². The first-order valence-electron chi connectivity index (χ1n) is 5.99. The van der Waals surface area contributed by atoms with Crippen LogP contribution in [0, 0.1) is 11.3 Å². The van der Waals surface area contributed by atoms with Crippen LogP contribution in [0.3, 0.4) is 0 Å². The van der Waals surface area contributed by atoms with Crippen LogP contribution in [0.1, 0.15) is 31.7 Å². The minimum Gasteiger partial charge on any atom is -0.496 e. The molecule has 1 amide bonds. The van der Waals surface area contributed by atoms with Crippen LogP contribution in [-0.4, -0.2) is 13.0 Å². The molecule has 0 unspecified atom stereocenters. The molecule has 0 spiro atoms. The number of nitrogens with zero attached hydrogens (tertiary/aromatic N) is 1. The third-order valence-electron chi connectivity index (χ3n) is 2.59. The van der Waals surface area contributed by atoms with Gasteiger partial charge in [0.05, 0.1) is 13.2 Å². The molecule has 0 fully saturated rings. The van der Waals surface area contributed by atoms with E-state index >= 15 is 0 Å². The first kappa shape index (κ1) is 14.0. The number of nitrogens with one attached hydrogen (secondary N) is 1. The molecule has 0 saturated heterocycles. The van der Waals surface area contributed by atoms with Gasteiger partial charge in [0.2, 0.25) is 5.91 Å². The molecule has 0 bridgehead atoms. The second-order valence-corrected chi connectivity index (χ2v) is 4.07. The summed E-state index contributed by atoms with van der Waals surface area (Å²) in [5, 5.41) is 11.2. The van der Waals surface area contributed by atoms with Crippen molar-refractivity contribution >= 4 is 11.6 Å². The molecule has 0 aliphatic rings. The molecule has 4 nitrogen and oxygen atoms in total. The van der Waals surface area contributed by atoms with Crippen molar-refractivity contribution in [3.05, 3.63) is 23.8 Å². The van der Waals surface area contributed by atoms with Crippen molar-refractivity contribution in [2.24, 2.45) is 0 Å². The molecule has 4 heteroatoms. The van der Waals surface area contributed by atoms with Crippen molar-refractivity contribution < 1.29 is 9.53 Å².